The van der Waals surface area contributed by atoms with Gasteiger partial charge in [0.25, 0.3) is 0 Å². The van der Waals surface area contributed by atoms with Gasteiger partial charge < -0.3 is 16.2 Å². The molecule has 3 nitrogen and oxygen atoms in total. The average Bonchev–Trinajstić information content (AvgIpc) is 2.39. The Kier molecular flexibility index (Phi) is 4.36. The van der Waals surface area contributed by atoms with Crippen molar-refractivity contribution in [2.45, 2.75) is 38.1 Å². The van der Waals surface area contributed by atoms with Crippen molar-refractivity contribution in [2.75, 3.05) is 17.7 Å². The fourth-order valence-electron chi connectivity index (χ4n) is 2.59. The highest BCUT2D eigenvalue weighted by atomic mass is 79.9. The van der Waals surface area contributed by atoms with Gasteiger partial charge in [-0.2, -0.15) is 0 Å². The maximum Gasteiger partial charge on any atom is 0.139 e. The van der Waals surface area contributed by atoms with E-state index in [2.05, 4.69) is 28.2 Å². The molecule has 0 atom stereocenters. The Balaban J connectivity index is 2.21. The van der Waals surface area contributed by atoms with Gasteiger partial charge in [-0.05, 0) is 53.6 Å². The van der Waals surface area contributed by atoms with Gasteiger partial charge in [0.2, 0.25) is 0 Å². The maximum absolute atomic E-state index is 13.6. The number of benzene rings is 1. The first kappa shape index (κ1) is 14.6. The number of nitrogen functional groups attached to an aromatic ring is 1. The minimum atomic E-state index is -0.374. The van der Waals surface area contributed by atoms with Crippen molar-refractivity contribution in [3.63, 3.8) is 0 Å². The molecule has 1 aromatic carbocycles. The van der Waals surface area contributed by atoms with Crippen LogP contribution in [0.2, 0.25) is 0 Å². The van der Waals surface area contributed by atoms with Crippen molar-refractivity contribution < 1.29 is 9.50 Å². The van der Waals surface area contributed by atoms with Crippen LogP contribution in [0.4, 0.5) is 15.8 Å². The smallest absolute Gasteiger partial charge is 0.139 e. The van der Waals surface area contributed by atoms with Crippen LogP contribution >= 0.6 is 15.9 Å². The lowest BCUT2D eigenvalue weighted by atomic mass is 9.77. The minimum absolute atomic E-state index is 0.0385. The largest absolute Gasteiger partial charge is 0.397 e. The molecule has 0 unspecified atom stereocenters. The Bertz CT molecular complexity index is 459. The van der Waals surface area contributed by atoms with Crippen LogP contribution in [0, 0.1) is 11.7 Å². The van der Waals surface area contributed by atoms with Crippen molar-refractivity contribution in [2.24, 2.45) is 5.92 Å². The number of nitrogens with one attached hydrogen (secondary N) is 1. The zero-order chi connectivity index (χ0) is 14.0. The molecule has 1 fully saturated rings. The molecule has 0 aromatic heterocycles. The molecule has 0 heterocycles. The lowest BCUT2D eigenvalue weighted by molar-refractivity contribution is 0.155. The van der Waals surface area contributed by atoms with Gasteiger partial charge in [0.15, 0.2) is 0 Å². The number of nitrogens with two attached hydrogens (primary N) is 1. The summed E-state index contributed by atoms with van der Waals surface area (Å²) in [6, 6.07) is 2.93. The quantitative estimate of drug-likeness (QED) is 0.743. The van der Waals surface area contributed by atoms with Crippen molar-refractivity contribution in [1.82, 2.24) is 0 Å². The number of hydrogen-bond donors (Lipinski definition) is 3. The predicted molar refractivity (Wildman–Crippen MR) is 79.6 cm³/mol. The van der Waals surface area contributed by atoms with Crippen LogP contribution in [0.25, 0.3) is 0 Å². The van der Waals surface area contributed by atoms with Crippen LogP contribution in [0.3, 0.4) is 0 Å². The summed E-state index contributed by atoms with van der Waals surface area (Å²) in [6.07, 6.45) is 3.88. The number of rotatable bonds is 3. The average molecular weight is 331 g/mol. The molecule has 0 aliphatic heterocycles. The van der Waals surface area contributed by atoms with Gasteiger partial charge in [-0.1, -0.05) is 6.92 Å². The van der Waals surface area contributed by atoms with Gasteiger partial charge in [-0.3, -0.25) is 0 Å². The summed E-state index contributed by atoms with van der Waals surface area (Å²) in [6.45, 7) is 2.26. The van der Waals surface area contributed by atoms with Gasteiger partial charge >= 0.3 is 0 Å². The second-order valence-electron chi connectivity index (χ2n) is 5.60. The number of halogens is 2. The van der Waals surface area contributed by atoms with Gasteiger partial charge in [-0.15, -0.1) is 0 Å². The van der Waals surface area contributed by atoms with Gasteiger partial charge in [-0.25, -0.2) is 4.39 Å². The lowest BCUT2D eigenvalue weighted by Crippen LogP contribution is -2.45. The topological polar surface area (TPSA) is 58.3 Å². The molecule has 5 heteroatoms. The molecule has 2 rings (SSSR count). The second kappa shape index (κ2) is 5.67. The first-order valence-electron chi connectivity index (χ1n) is 6.59. The molecule has 1 aliphatic rings. The van der Waals surface area contributed by atoms with Gasteiger partial charge in [0.05, 0.1) is 28.0 Å². The zero-order valence-corrected chi connectivity index (χ0v) is 12.6. The van der Waals surface area contributed by atoms with E-state index >= 15 is 0 Å². The van der Waals surface area contributed by atoms with E-state index in [1.807, 2.05) is 0 Å². The van der Waals surface area contributed by atoms with Crippen molar-refractivity contribution in [3.8, 4) is 0 Å². The summed E-state index contributed by atoms with van der Waals surface area (Å²) >= 11 is 3.11. The fraction of sp³-hybridized carbons (Fsp3) is 0.571. The Hall–Kier alpha value is -0.810. The molecule has 1 aliphatic carbocycles. The molecule has 0 amide bonds. The van der Waals surface area contributed by atoms with Crippen LogP contribution in [-0.2, 0) is 0 Å². The van der Waals surface area contributed by atoms with Crippen molar-refractivity contribution in [1.29, 1.82) is 0 Å². The zero-order valence-electron chi connectivity index (χ0n) is 11.0. The Labute approximate surface area is 121 Å². The summed E-state index contributed by atoms with van der Waals surface area (Å²) in [5.74, 6) is 0.328. The summed E-state index contributed by atoms with van der Waals surface area (Å²) < 4.78 is 14.0. The van der Waals surface area contributed by atoms with Gasteiger partial charge in [0.1, 0.15) is 5.82 Å². The monoisotopic (exact) mass is 330 g/mol. The fourth-order valence-corrected chi connectivity index (χ4v) is 2.95. The highest BCUT2D eigenvalue weighted by Crippen LogP contribution is 2.36. The normalized spacial score (nSPS) is 27.3. The van der Waals surface area contributed by atoms with Crippen LogP contribution < -0.4 is 11.1 Å². The summed E-state index contributed by atoms with van der Waals surface area (Å²) in [5.41, 5.74) is 6.58. The van der Waals surface area contributed by atoms with E-state index < -0.39 is 0 Å². The summed E-state index contributed by atoms with van der Waals surface area (Å²) in [5, 5.41) is 13.0. The van der Waals surface area contributed by atoms with Crippen LogP contribution in [-0.4, -0.2) is 17.3 Å². The first-order chi connectivity index (χ1) is 8.96. The number of anilines is 2. The molecular formula is C14H20BrFN2O. The third kappa shape index (κ3) is 3.20. The van der Waals surface area contributed by atoms with E-state index in [1.54, 1.807) is 6.07 Å². The number of aliphatic hydroxyl groups excluding tert-OH is 1. The SMILES string of the molecule is CC1CCC(CO)(Nc2cc(F)c(Br)cc2N)CC1. The molecule has 4 N–H and O–H groups in total. The third-order valence-corrected chi connectivity index (χ3v) is 4.63. The van der Waals surface area contributed by atoms with Crippen LogP contribution in [0.1, 0.15) is 32.6 Å². The highest BCUT2D eigenvalue weighted by molar-refractivity contribution is 9.10. The van der Waals surface area contributed by atoms with Gasteiger partial charge in [0, 0.05) is 6.07 Å². The molecule has 106 valence electrons. The molecule has 0 saturated heterocycles. The molecule has 1 saturated carbocycles. The lowest BCUT2D eigenvalue weighted by Gasteiger charge is -2.39. The minimum Gasteiger partial charge on any atom is -0.397 e. The van der Waals surface area contributed by atoms with E-state index in [0.29, 0.717) is 21.8 Å². The van der Waals surface area contributed by atoms with Crippen LogP contribution in [0.15, 0.2) is 16.6 Å². The van der Waals surface area contributed by atoms with Crippen LogP contribution in [0.5, 0.6) is 0 Å². The number of hydrogen-bond acceptors (Lipinski definition) is 3. The Morgan fingerprint density at radius 3 is 2.68 bits per heavy atom. The molecule has 19 heavy (non-hydrogen) atoms. The maximum atomic E-state index is 13.6. The molecule has 1 aromatic rings. The molecule has 0 spiro atoms. The first-order valence-corrected chi connectivity index (χ1v) is 7.39. The summed E-state index contributed by atoms with van der Waals surface area (Å²) in [7, 11) is 0. The molecular weight excluding hydrogens is 311 g/mol. The number of aliphatic hydroxyl groups is 1. The van der Waals surface area contributed by atoms with E-state index in [-0.39, 0.29) is 18.0 Å². The van der Waals surface area contributed by atoms with E-state index in [0.717, 1.165) is 25.7 Å². The predicted octanol–water partition coefficient (Wildman–Crippen LogP) is 3.52. The third-order valence-electron chi connectivity index (χ3n) is 4.03. The van der Waals surface area contributed by atoms with E-state index in [9.17, 15) is 9.50 Å². The van der Waals surface area contributed by atoms with E-state index in [4.69, 9.17) is 5.73 Å². The van der Waals surface area contributed by atoms with E-state index in [1.165, 1.54) is 6.07 Å². The molecule has 0 radical (unpaired) electrons. The standard InChI is InChI=1S/C14H20BrFN2O/c1-9-2-4-14(8-19,5-3-9)18-13-7-11(16)10(15)6-12(13)17/h6-7,9,18-19H,2-5,8,17H2,1H3. The molecule has 0 bridgehead atoms. The van der Waals surface area contributed by atoms with Crippen molar-refractivity contribution in [3.05, 3.63) is 22.4 Å². The Morgan fingerprint density at radius 2 is 2.11 bits per heavy atom. The summed E-state index contributed by atoms with van der Waals surface area (Å²) in [4.78, 5) is 0. The Morgan fingerprint density at radius 1 is 1.47 bits per heavy atom. The van der Waals surface area contributed by atoms with Crippen molar-refractivity contribution >= 4 is 27.3 Å². The second-order valence-corrected chi connectivity index (χ2v) is 6.45. The highest BCUT2D eigenvalue weighted by Gasteiger charge is 2.34.